The number of nitrogens with zero attached hydrogens (tertiary/aromatic N) is 5. The van der Waals surface area contributed by atoms with Crippen LogP contribution in [0.15, 0.2) is 16.8 Å². The molecule has 1 amide bonds. The van der Waals surface area contributed by atoms with E-state index >= 15 is 0 Å². The summed E-state index contributed by atoms with van der Waals surface area (Å²) in [7, 11) is 2.19. The third-order valence-corrected chi connectivity index (χ3v) is 7.74. The van der Waals surface area contributed by atoms with Crippen LogP contribution in [0.4, 0.5) is 0 Å². The topological polar surface area (TPSA) is 66.3 Å². The molecule has 0 unspecified atom stereocenters. The Bertz CT molecular complexity index is 859. The molecule has 2 fully saturated rings. The first-order valence-electron chi connectivity index (χ1n) is 10.8. The molecule has 1 saturated heterocycles. The predicted octanol–water partition coefficient (Wildman–Crippen LogP) is 2.49. The van der Waals surface area contributed by atoms with Crippen molar-refractivity contribution in [2.75, 3.05) is 20.1 Å². The van der Waals surface area contributed by atoms with Gasteiger partial charge in [0.25, 0.3) is 5.91 Å². The van der Waals surface area contributed by atoms with Crippen LogP contribution >= 0.6 is 11.3 Å². The Morgan fingerprint density at radius 3 is 2.93 bits per heavy atom. The molecule has 0 aromatic carbocycles. The minimum Gasteiger partial charge on any atom is -0.347 e. The van der Waals surface area contributed by atoms with Crippen LogP contribution in [0.25, 0.3) is 0 Å². The Balaban J connectivity index is 1.31. The number of nitrogens with one attached hydrogen (secondary N) is 1. The molecule has 156 valence electrons. The molecular weight excluding hydrogens is 384 g/mol. The van der Waals surface area contributed by atoms with E-state index in [1.807, 2.05) is 0 Å². The van der Waals surface area contributed by atoms with Gasteiger partial charge in [0.05, 0.1) is 12.1 Å². The molecule has 3 aliphatic rings. The first kappa shape index (κ1) is 19.2. The lowest BCUT2D eigenvalue weighted by atomic mass is 9.94. The van der Waals surface area contributed by atoms with Gasteiger partial charge in [-0.2, -0.15) is 11.3 Å². The summed E-state index contributed by atoms with van der Waals surface area (Å²) in [5, 5.41) is 16.2. The average molecular weight is 415 g/mol. The van der Waals surface area contributed by atoms with Crippen molar-refractivity contribution in [3.05, 3.63) is 34.0 Å². The molecule has 1 aliphatic carbocycles. The summed E-state index contributed by atoms with van der Waals surface area (Å²) >= 11 is 1.76. The highest BCUT2D eigenvalue weighted by Gasteiger charge is 2.46. The molecule has 0 radical (unpaired) electrons. The second-order valence-electron chi connectivity index (χ2n) is 9.01. The second-order valence-corrected chi connectivity index (χ2v) is 9.79. The number of amides is 1. The van der Waals surface area contributed by atoms with Gasteiger partial charge >= 0.3 is 0 Å². The number of hydrogen-bond acceptors (Lipinski definition) is 6. The molecule has 1 spiro atoms. The lowest BCUT2D eigenvalue weighted by Crippen LogP contribution is -2.55. The maximum absolute atomic E-state index is 12.9. The van der Waals surface area contributed by atoms with Gasteiger partial charge < -0.3 is 9.88 Å². The molecule has 29 heavy (non-hydrogen) atoms. The monoisotopic (exact) mass is 414 g/mol. The molecule has 1 N–H and O–H groups in total. The number of likely N-dealkylation sites (tertiary alicyclic amines) is 1. The Kier molecular flexibility index (Phi) is 5.17. The zero-order valence-corrected chi connectivity index (χ0v) is 18.0. The Hall–Kier alpha value is -1.77. The van der Waals surface area contributed by atoms with Crippen LogP contribution in [0.1, 0.15) is 60.5 Å². The van der Waals surface area contributed by atoms with Crippen molar-refractivity contribution >= 4 is 17.2 Å². The molecule has 5 rings (SSSR count). The molecule has 2 aromatic heterocycles. The maximum Gasteiger partial charge on any atom is 0.289 e. The summed E-state index contributed by atoms with van der Waals surface area (Å²) in [6, 6.07) is 2.50. The van der Waals surface area contributed by atoms with Crippen LogP contribution in [0.5, 0.6) is 0 Å². The van der Waals surface area contributed by atoms with Gasteiger partial charge in [0.15, 0.2) is 0 Å². The second kappa shape index (κ2) is 7.81. The van der Waals surface area contributed by atoms with Gasteiger partial charge in [-0.3, -0.25) is 14.6 Å². The molecule has 7 nitrogen and oxygen atoms in total. The highest BCUT2D eigenvalue weighted by molar-refractivity contribution is 7.07. The van der Waals surface area contributed by atoms with Gasteiger partial charge in [-0.15, -0.1) is 10.2 Å². The van der Waals surface area contributed by atoms with E-state index in [0.29, 0.717) is 5.82 Å². The van der Waals surface area contributed by atoms with E-state index in [1.165, 1.54) is 24.8 Å². The molecule has 2 aromatic rings. The number of likely N-dealkylation sites (N-methyl/N-ethyl adjacent to an activating group) is 1. The van der Waals surface area contributed by atoms with Crippen LogP contribution in [0, 0.1) is 0 Å². The zero-order valence-electron chi connectivity index (χ0n) is 17.1. The number of carbonyl (C=O) groups is 1. The van der Waals surface area contributed by atoms with E-state index in [1.54, 1.807) is 11.3 Å². The van der Waals surface area contributed by atoms with Crippen molar-refractivity contribution in [2.24, 2.45) is 0 Å². The van der Waals surface area contributed by atoms with Crippen molar-refractivity contribution in [3.8, 4) is 0 Å². The van der Waals surface area contributed by atoms with Crippen LogP contribution in [0.3, 0.4) is 0 Å². The fourth-order valence-electron chi connectivity index (χ4n) is 5.24. The van der Waals surface area contributed by atoms with E-state index < -0.39 is 0 Å². The Morgan fingerprint density at radius 2 is 2.14 bits per heavy atom. The zero-order chi connectivity index (χ0) is 19.8. The molecule has 1 atom stereocenters. The van der Waals surface area contributed by atoms with Crippen LogP contribution in [-0.2, 0) is 19.6 Å². The third-order valence-electron chi connectivity index (χ3n) is 7.01. The van der Waals surface area contributed by atoms with Crippen molar-refractivity contribution in [2.45, 2.75) is 69.7 Å². The molecule has 8 heteroatoms. The van der Waals surface area contributed by atoms with Crippen molar-refractivity contribution in [1.29, 1.82) is 0 Å². The van der Waals surface area contributed by atoms with Crippen molar-refractivity contribution in [3.63, 3.8) is 0 Å². The molecule has 0 bridgehead atoms. The summed E-state index contributed by atoms with van der Waals surface area (Å²) in [6.07, 6.45) is 6.96. The largest absolute Gasteiger partial charge is 0.347 e. The number of thiophene rings is 1. The van der Waals surface area contributed by atoms with Gasteiger partial charge in [-0.05, 0) is 48.7 Å². The fraction of sp³-hybridized carbons (Fsp3) is 0.667. The summed E-state index contributed by atoms with van der Waals surface area (Å²) in [4.78, 5) is 17.9. The van der Waals surface area contributed by atoms with E-state index in [0.717, 1.165) is 57.8 Å². The molecule has 4 heterocycles. The number of rotatable bonds is 4. The first-order chi connectivity index (χ1) is 14.1. The average Bonchev–Trinajstić information content (AvgIpc) is 3.45. The van der Waals surface area contributed by atoms with Crippen LogP contribution < -0.4 is 5.32 Å². The van der Waals surface area contributed by atoms with Gasteiger partial charge in [0, 0.05) is 32.2 Å². The predicted molar refractivity (Wildman–Crippen MR) is 113 cm³/mol. The number of aromatic nitrogens is 3. The van der Waals surface area contributed by atoms with E-state index in [-0.39, 0.29) is 17.5 Å². The van der Waals surface area contributed by atoms with Crippen molar-refractivity contribution in [1.82, 2.24) is 29.9 Å². The summed E-state index contributed by atoms with van der Waals surface area (Å²) < 4.78 is 2.09. The molecule has 2 aliphatic heterocycles. The molecular formula is C21H30N6OS. The van der Waals surface area contributed by atoms with Gasteiger partial charge in [-0.25, -0.2) is 0 Å². The Labute approximate surface area is 176 Å². The number of hydrogen-bond donors (Lipinski definition) is 1. The highest BCUT2D eigenvalue weighted by Crippen LogP contribution is 2.35. The van der Waals surface area contributed by atoms with Gasteiger partial charge in [0.2, 0.25) is 5.82 Å². The van der Waals surface area contributed by atoms with Crippen LogP contribution in [-0.4, -0.2) is 62.2 Å². The minimum atomic E-state index is -0.0523. The van der Waals surface area contributed by atoms with E-state index in [2.05, 4.69) is 53.8 Å². The van der Waals surface area contributed by atoms with Gasteiger partial charge in [0.1, 0.15) is 5.82 Å². The lowest BCUT2D eigenvalue weighted by molar-refractivity contribution is 0.0646. The number of carbonyl (C=O) groups excluding carboxylic acids is 1. The fourth-order valence-corrected chi connectivity index (χ4v) is 5.89. The number of fused-ring (bicyclic) bond motifs is 1. The smallest absolute Gasteiger partial charge is 0.289 e. The third kappa shape index (κ3) is 3.73. The van der Waals surface area contributed by atoms with Gasteiger partial charge in [-0.1, -0.05) is 19.3 Å². The quantitative estimate of drug-likeness (QED) is 0.833. The summed E-state index contributed by atoms with van der Waals surface area (Å²) in [6.45, 7) is 4.64. The highest BCUT2D eigenvalue weighted by atomic mass is 32.1. The van der Waals surface area contributed by atoms with Crippen LogP contribution in [0.2, 0.25) is 0 Å². The minimum absolute atomic E-state index is 0.0469. The van der Waals surface area contributed by atoms with E-state index in [4.69, 9.17) is 0 Å². The Morgan fingerprint density at radius 1 is 1.28 bits per heavy atom. The summed E-state index contributed by atoms with van der Waals surface area (Å²) in [5.41, 5.74) is 1.44. The SMILES string of the molecule is CN1Cc2nnc(C(=O)NC3CCCCC3)n2C[C@]12CCN(Cc1ccsc1)C2. The first-order valence-corrected chi connectivity index (χ1v) is 11.7. The normalized spacial score (nSPS) is 26.1. The van der Waals surface area contributed by atoms with E-state index in [9.17, 15) is 4.79 Å². The maximum atomic E-state index is 12.9. The standard InChI is InChI=1S/C21H30N6OS/c1-25-12-18-23-24-19(20(28)22-17-5-3-2-4-6-17)27(18)15-21(25)8-9-26(14-21)11-16-7-10-29-13-16/h7,10,13,17H,2-6,8-9,11-12,14-15H2,1H3,(H,22,28)/t21-/m1/s1. The molecule has 1 saturated carbocycles. The van der Waals surface area contributed by atoms with Crippen molar-refractivity contribution < 1.29 is 4.79 Å². The lowest BCUT2D eigenvalue weighted by Gasteiger charge is -2.42. The summed E-state index contributed by atoms with van der Waals surface area (Å²) in [5.74, 6) is 1.35.